The molecule has 1 unspecified atom stereocenters. The van der Waals surface area contributed by atoms with E-state index in [4.69, 9.17) is 14.6 Å². The maximum absolute atomic E-state index is 11.4. The van der Waals surface area contributed by atoms with Crippen LogP contribution in [0.3, 0.4) is 0 Å². The summed E-state index contributed by atoms with van der Waals surface area (Å²) in [5, 5.41) is 14.3. The smallest absolute Gasteiger partial charge is 0.315 e. The van der Waals surface area contributed by atoms with Gasteiger partial charge in [-0.3, -0.25) is 0 Å². The Bertz CT molecular complexity index is 448. The first kappa shape index (κ1) is 13.5. The van der Waals surface area contributed by atoms with Gasteiger partial charge in [0.15, 0.2) is 11.5 Å². The maximum Gasteiger partial charge on any atom is 0.315 e. The second kappa shape index (κ2) is 6.29. The highest BCUT2D eigenvalue weighted by Gasteiger charge is 2.11. The molecule has 6 nitrogen and oxygen atoms in total. The van der Waals surface area contributed by atoms with Crippen molar-refractivity contribution in [3.8, 4) is 11.5 Å². The number of hydrogen-bond acceptors (Lipinski definition) is 4. The summed E-state index contributed by atoms with van der Waals surface area (Å²) in [5.74, 6) is 1.43. The molecule has 1 aliphatic heterocycles. The van der Waals surface area contributed by atoms with Gasteiger partial charge in [-0.2, -0.15) is 0 Å². The first-order chi connectivity index (χ1) is 9.15. The first-order valence-corrected chi connectivity index (χ1v) is 6.23. The van der Waals surface area contributed by atoms with E-state index in [2.05, 4.69) is 10.6 Å². The molecular formula is C13H18N2O4. The molecule has 0 spiro atoms. The average molecular weight is 266 g/mol. The molecule has 1 atom stereocenters. The van der Waals surface area contributed by atoms with Gasteiger partial charge in [0.2, 0.25) is 0 Å². The Kier molecular flexibility index (Phi) is 4.46. The second-order valence-electron chi connectivity index (χ2n) is 4.39. The number of aliphatic hydroxyl groups excluding tert-OH is 1. The molecule has 0 aromatic heterocycles. The van der Waals surface area contributed by atoms with Gasteiger partial charge >= 0.3 is 6.03 Å². The molecule has 0 fully saturated rings. The number of aliphatic hydroxyl groups is 1. The quantitative estimate of drug-likeness (QED) is 0.747. The molecule has 1 aromatic carbocycles. The zero-order valence-corrected chi connectivity index (χ0v) is 10.8. The van der Waals surface area contributed by atoms with Crippen molar-refractivity contribution in [1.29, 1.82) is 0 Å². The van der Waals surface area contributed by atoms with Gasteiger partial charge in [-0.05, 0) is 24.6 Å². The minimum Gasteiger partial charge on any atom is -0.486 e. The van der Waals surface area contributed by atoms with Gasteiger partial charge in [0, 0.05) is 13.1 Å². The van der Waals surface area contributed by atoms with E-state index in [0.717, 1.165) is 11.3 Å². The maximum atomic E-state index is 11.4. The highest BCUT2D eigenvalue weighted by atomic mass is 16.6. The third kappa shape index (κ3) is 4.03. The topological polar surface area (TPSA) is 79.8 Å². The van der Waals surface area contributed by atoms with Crippen LogP contribution in [0.5, 0.6) is 11.5 Å². The minimum absolute atomic E-state index is 0.229. The van der Waals surface area contributed by atoms with Crippen LogP contribution in [0.4, 0.5) is 4.79 Å². The summed E-state index contributed by atoms with van der Waals surface area (Å²) < 4.78 is 10.9. The Hall–Kier alpha value is -1.95. The fraction of sp³-hybridized carbons (Fsp3) is 0.462. The predicted octanol–water partition coefficient (Wildman–Crippen LogP) is 0.638. The van der Waals surface area contributed by atoms with Crippen molar-refractivity contribution >= 4 is 6.03 Å². The fourth-order valence-corrected chi connectivity index (χ4v) is 1.68. The highest BCUT2D eigenvalue weighted by molar-refractivity contribution is 5.73. The summed E-state index contributed by atoms with van der Waals surface area (Å²) in [7, 11) is 0. The first-order valence-electron chi connectivity index (χ1n) is 6.23. The number of carbonyl (C=O) groups excluding carboxylic acids is 1. The van der Waals surface area contributed by atoms with Gasteiger partial charge in [-0.15, -0.1) is 0 Å². The number of urea groups is 1. The third-order valence-corrected chi connectivity index (χ3v) is 2.62. The monoisotopic (exact) mass is 266 g/mol. The van der Waals surface area contributed by atoms with Crippen molar-refractivity contribution in [2.45, 2.75) is 19.6 Å². The lowest BCUT2D eigenvalue weighted by Gasteiger charge is -2.19. The van der Waals surface area contributed by atoms with Crippen molar-refractivity contribution in [3.63, 3.8) is 0 Å². The van der Waals surface area contributed by atoms with Crippen molar-refractivity contribution in [3.05, 3.63) is 23.8 Å². The summed E-state index contributed by atoms with van der Waals surface area (Å²) in [6.45, 7) is 3.33. The molecule has 0 radical (unpaired) electrons. The number of carbonyl (C=O) groups is 1. The molecule has 0 saturated carbocycles. The number of benzene rings is 1. The van der Waals surface area contributed by atoms with E-state index in [-0.39, 0.29) is 12.6 Å². The van der Waals surface area contributed by atoms with Gasteiger partial charge in [0.25, 0.3) is 0 Å². The standard InChI is InChI=1S/C13H18N2O4/c1-9(16)7-14-13(17)15-8-10-2-3-11-12(6-10)19-5-4-18-11/h2-3,6,9,16H,4-5,7-8H2,1H3,(H2,14,15,17). The van der Waals surface area contributed by atoms with Crippen molar-refractivity contribution in [1.82, 2.24) is 10.6 Å². The van der Waals surface area contributed by atoms with Gasteiger partial charge in [0.1, 0.15) is 13.2 Å². The van der Waals surface area contributed by atoms with Crippen LogP contribution < -0.4 is 20.1 Å². The molecule has 1 heterocycles. The summed E-state index contributed by atoms with van der Waals surface area (Å²) in [4.78, 5) is 11.4. The summed E-state index contributed by atoms with van der Waals surface area (Å²) in [6.07, 6.45) is -0.556. The Balaban J connectivity index is 1.84. The lowest BCUT2D eigenvalue weighted by molar-refractivity contribution is 0.171. The number of nitrogens with one attached hydrogen (secondary N) is 2. The number of fused-ring (bicyclic) bond motifs is 1. The van der Waals surface area contributed by atoms with Crippen molar-refractivity contribution < 1.29 is 19.4 Å². The zero-order valence-electron chi connectivity index (χ0n) is 10.8. The number of hydrogen-bond donors (Lipinski definition) is 3. The molecule has 6 heteroatoms. The van der Waals surface area contributed by atoms with E-state index in [0.29, 0.717) is 25.5 Å². The molecular weight excluding hydrogens is 248 g/mol. The summed E-state index contributed by atoms with van der Waals surface area (Å²) in [6, 6.07) is 5.25. The van der Waals surface area contributed by atoms with Crippen molar-refractivity contribution in [2.24, 2.45) is 0 Å². The molecule has 1 aromatic rings. The van der Waals surface area contributed by atoms with E-state index >= 15 is 0 Å². The van der Waals surface area contributed by atoms with E-state index in [1.807, 2.05) is 18.2 Å². The molecule has 3 N–H and O–H groups in total. The third-order valence-electron chi connectivity index (χ3n) is 2.62. The Morgan fingerprint density at radius 3 is 2.79 bits per heavy atom. The van der Waals surface area contributed by atoms with Gasteiger partial charge in [-0.1, -0.05) is 6.07 Å². The van der Waals surface area contributed by atoms with Crippen LogP contribution in [-0.4, -0.2) is 37.0 Å². The zero-order chi connectivity index (χ0) is 13.7. The lowest BCUT2D eigenvalue weighted by Crippen LogP contribution is -2.38. The SMILES string of the molecule is CC(O)CNC(=O)NCc1ccc2c(c1)OCCO2. The summed E-state index contributed by atoms with van der Waals surface area (Å²) in [5.41, 5.74) is 0.927. The highest BCUT2D eigenvalue weighted by Crippen LogP contribution is 2.30. The number of rotatable bonds is 4. The van der Waals surface area contributed by atoms with Crippen LogP contribution in [0.15, 0.2) is 18.2 Å². The molecule has 104 valence electrons. The molecule has 1 aliphatic rings. The van der Waals surface area contributed by atoms with E-state index in [9.17, 15) is 4.79 Å². The van der Waals surface area contributed by atoms with Crippen LogP contribution in [0, 0.1) is 0 Å². The minimum atomic E-state index is -0.556. The van der Waals surface area contributed by atoms with Crippen LogP contribution >= 0.6 is 0 Å². The molecule has 2 amide bonds. The molecule has 19 heavy (non-hydrogen) atoms. The Labute approximate surface area is 111 Å². The Morgan fingerprint density at radius 1 is 1.32 bits per heavy atom. The number of amides is 2. The van der Waals surface area contributed by atoms with Crippen LogP contribution in [-0.2, 0) is 6.54 Å². The lowest BCUT2D eigenvalue weighted by atomic mass is 10.2. The van der Waals surface area contributed by atoms with E-state index < -0.39 is 6.10 Å². The predicted molar refractivity (Wildman–Crippen MR) is 69.4 cm³/mol. The van der Waals surface area contributed by atoms with Gasteiger partial charge in [0.05, 0.1) is 6.10 Å². The van der Waals surface area contributed by atoms with Gasteiger partial charge < -0.3 is 25.2 Å². The Morgan fingerprint density at radius 2 is 2.05 bits per heavy atom. The van der Waals surface area contributed by atoms with E-state index in [1.54, 1.807) is 6.92 Å². The molecule has 0 saturated heterocycles. The summed E-state index contributed by atoms with van der Waals surface area (Å²) >= 11 is 0. The van der Waals surface area contributed by atoms with Crippen LogP contribution in [0.2, 0.25) is 0 Å². The largest absolute Gasteiger partial charge is 0.486 e. The molecule has 2 rings (SSSR count). The molecule has 0 aliphatic carbocycles. The average Bonchev–Trinajstić information content (AvgIpc) is 2.42. The van der Waals surface area contributed by atoms with Crippen LogP contribution in [0.25, 0.3) is 0 Å². The van der Waals surface area contributed by atoms with E-state index in [1.165, 1.54) is 0 Å². The second-order valence-corrected chi connectivity index (χ2v) is 4.39. The van der Waals surface area contributed by atoms with Crippen molar-refractivity contribution in [2.75, 3.05) is 19.8 Å². The van der Waals surface area contributed by atoms with Gasteiger partial charge in [-0.25, -0.2) is 4.79 Å². The number of ether oxygens (including phenoxy) is 2. The fourth-order valence-electron chi connectivity index (χ4n) is 1.68. The molecule has 0 bridgehead atoms. The van der Waals surface area contributed by atoms with Crippen LogP contribution in [0.1, 0.15) is 12.5 Å². The normalized spacial score (nSPS) is 14.6.